The van der Waals surface area contributed by atoms with Crippen LogP contribution in [0.2, 0.25) is 0 Å². The number of aromatic amines is 1. The fourth-order valence-electron chi connectivity index (χ4n) is 1.95. The molecule has 0 bridgehead atoms. The minimum atomic E-state index is -1.08. The van der Waals surface area contributed by atoms with Crippen molar-refractivity contribution in [3.05, 3.63) is 17.8 Å². The number of rotatable bonds is 3. The number of aromatic nitrogens is 6. The number of fused-ring (bicyclic) bond motifs is 1. The number of carboxylic acids is 1. The molecule has 0 radical (unpaired) electrons. The summed E-state index contributed by atoms with van der Waals surface area (Å²) in [4.78, 5) is 18.3. The number of H-pyrrole nitrogens is 1. The predicted octanol–water partition coefficient (Wildman–Crippen LogP) is 1.15. The highest BCUT2D eigenvalue weighted by Crippen LogP contribution is 2.39. The normalized spacial score (nSPS) is 15.2. The molecule has 9 heteroatoms. The lowest BCUT2D eigenvalue weighted by Gasteiger charge is -1.93. The molecule has 0 aromatic carbocycles. The maximum Gasteiger partial charge on any atom is 0.356 e. The molecular formula is C10H8N6O2S. The Balaban J connectivity index is 1.86. The van der Waals surface area contributed by atoms with E-state index in [0.717, 1.165) is 18.7 Å². The van der Waals surface area contributed by atoms with E-state index in [1.165, 1.54) is 17.7 Å². The lowest BCUT2D eigenvalue weighted by Crippen LogP contribution is -2.00. The molecule has 1 aliphatic rings. The van der Waals surface area contributed by atoms with Crippen molar-refractivity contribution in [3.63, 3.8) is 0 Å². The van der Waals surface area contributed by atoms with Gasteiger partial charge in [-0.3, -0.25) is 0 Å². The number of imidazole rings is 1. The van der Waals surface area contributed by atoms with E-state index in [2.05, 4.69) is 25.3 Å². The van der Waals surface area contributed by atoms with Gasteiger partial charge in [-0.2, -0.15) is 9.61 Å². The van der Waals surface area contributed by atoms with Crippen molar-refractivity contribution in [2.24, 2.45) is 0 Å². The summed E-state index contributed by atoms with van der Waals surface area (Å²) in [6.45, 7) is 0. The van der Waals surface area contributed by atoms with Crippen molar-refractivity contribution in [2.75, 3.05) is 0 Å². The number of carbonyl (C=O) groups is 1. The average Bonchev–Trinajstić information content (AvgIpc) is 2.84. The van der Waals surface area contributed by atoms with Gasteiger partial charge in [-0.15, -0.1) is 10.2 Å². The van der Waals surface area contributed by atoms with E-state index in [1.54, 1.807) is 4.52 Å². The van der Waals surface area contributed by atoms with Crippen LogP contribution in [0.5, 0.6) is 0 Å². The predicted molar refractivity (Wildman–Crippen MR) is 65.2 cm³/mol. The third-order valence-corrected chi connectivity index (χ3v) is 3.93. The number of carboxylic acid groups (broad SMARTS) is 1. The molecule has 8 nitrogen and oxygen atoms in total. The van der Waals surface area contributed by atoms with Gasteiger partial charge in [0.2, 0.25) is 4.96 Å². The first-order valence-electron chi connectivity index (χ1n) is 5.73. The Morgan fingerprint density at radius 2 is 2.32 bits per heavy atom. The molecule has 0 spiro atoms. The molecule has 3 heterocycles. The van der Waals surface area contributed by atoms with E-state index in [-0.39, 0.29) is 5.69 Å². The van der Waals surface area contributed by atoms with E-state index in [4.69, 9.17) is 5.11 Å². The molecule has 3 aromatic rings. The maximum absolute atomic E-state index is 11.1. The summed E-state index contributed by atoms with van der Waals surface area (Å²) in [6.07, 6.45) is 3.57. The Morgan fingerprint density at radius 1 is 1.47 bits per heavy atom. The average molecular weight is 276 g/mol. The zero-order valence-electron chi connectivity index (χ0n) is 9.57. The Morgan fingerprint density at radius 3 is 3.05 bits per heavy atom. The fourth-order valence-corrected chi connectivity index (χ4v) is 2.80. The van der Waals surface area contributed by atoms with Crippen molar-refractivity contribution < 1.29 is 9.90 Å². The molecule has 0 amide bonds. The second kappa shape index (κ2) is 3.60. The highest BCUT2D eigenvalue weighted by molar-refractivity contribution is 7.19. The van der Waals surface area contributed by atoms with Gasteiger partial charge >= 0.3 is 5.97 Å². The molecule has 19 heavy (non-hydrogen) atoms. The molecule has 1 saturated carbocycles. The van der Waals surface area contributed by atoms with Crippen LogP contribution in [-0.4, -0.2) is 40.9 Å². The van der Waals surface area contributed by atoms with Gasteiger partial charge in [0.25, 0.3) is 0 Å². The summed E-state index contributed by atoms with van der Waals surface area (Å²) >= 11 is 1.30. The summed E-state index contributed by atoms with van der Waals surface area (Å²) in [5.41, 5.74) is 0.377. The molecule has 1 aliphatic carbocycles. The highest BCUT2D eigenvalue weighted by Gasteiger charge is 2.30. The summed E-state index contributed by atoms with van der Waals surface area (Å²) < 4.78 is 1.70. The number of hydrogen-bond acceptors (Lipinski definition) is 6. The monoisotopic (exact) mass is 276 g/mol. The smallest absolute Gasteiger partial charge is 0.356 e. The third kappa shape index (κ3) is 1.55. The first kappa shape index (κ1) is 10.6. The molecule has 0 unspecified atom stereocenters. The van der Waals surface area contributed by atoms with Gasteiger partial charge in [-0.1, -0.05) is 11.3 Å². The van der Waals surface area contributed by atoms with Gasteiger partial charge in [0.1, 0.15) is 5.69 Å². The van der Waals surface area contributed by atoms with Crippen LogP contribution in [0.3, 0.4) is 0 Å². The molecule has 0 aliphatic heterocycles. The molecule has 4 rings (SSSR count). The van der Waals surface area contributed by atoms with E-state index in [9.17, 15) is 4.79 Å². The first-order valence-corrected chi connectivity index (χ1v) is 6.55. The number of aromatic carboxylic acids is 1. The van der Waals surface area contributed by atoms with E-state index >= 15 is 0 Å². The molecule has 0 atom stereocenters. The molecule has 2 N–H and O–H groups in total. The Bertz CT molecular complexity index is 783. The van der Waals surface area contributed by atoms with Crippen LogP contribution in [0.4, 0.5) is 0 Å². The van der Waals surface area contributed by atoms with Crippen LogP contribution in [0.25, 0.3) is 15.7 Å². The van der Waals surface area contributed by atoms with Crippen LogP contribution < -0.4 is 0 Å². The summed E-state index contributed by atoms with van der Waals surface area (Å²) in [5, 5.41) is 22.2. The highest BCUT2D eigenvalue weighted by atomic mass is 32.1. The lowest BCUT2D eigenvalue weighted by atomic mass is 10.3. The number of nitrogens with one attached hydrogen (secondary N) is 1. The third-order valence-electron chi connectivity index (χ3n) is 3.01. The van der Waals surface area contributed by atoms with Crippen molar-refractivity contribution >= 4 is 22.3 Å². The largest absolute Gasteiger partial charge is 0.476 e. The Hall–Kier alpha value is -2.29. The molecule has 1 fully saturated rings. The lowest BCUT2D eigenvalue weighted by molar-refractivity contribution is 0.0692. The minimum Gasteiger partial charge on any atom is -0.476 e. The molecule has 0 saturated heterocycles. The van der Waals surface area contributed by atoms with Gasteiger partial charge in [-0.05, 0) is 12.8 Å². The van der Waals surface area contributed by atoms with Gasteiger partial charge < -0.3 is 10.1 Å². The van der Waals surface area contributed by atoms with Crippen LogP contribution in [0.15, 0.2) is 6.33 Å². The van der Waals surface area contributed by atoms with Crippen LogP contribution >= 0.6 is 11.3 Å². The fraction of sp³-hybridized carbons (Fsp3) is 0.300. The SMILES string of the molecule is O=C(O)c1nc[nH]c1-c1nn2c(C3CC3)nnc2s1. The van der Waals surface area contributed by atoms with Crippen LogP contribution in [-0.2, 0) is 0 Å². The standard InChI is InChI=1S/C10H8N6O2S/c17-9(18)6-5(11-3-12-6)8-15-16-7(4-1-2-4)13-14-10(16)19-8/h3-4H,1-2H2,(H,11,12)(H,17,18). The van der Waals surface area contributed by atoms with E-state index < -0.39 is 5.97 Å². The van der Waals surface area contributed by atoms with Gasteiger partial charge in [0.05, 0.1) is 6.33 Å². The summed E-state index contributed by atoms with van der Waals surface area (Å²) in [5.74, 6) is 0.212. The quantitative estimate of drug-likeness (QED) is 0.742. The molecule has 3 aromatic heterocycles. The maximum atomic E-state index is 11.1. The van der Waals surface area contributed by atoms with Crippen molar-refractivity contribution in [1.29, 1.82) is 0 Å². The van der Waals surface area contributed by atoms with E-state index in [0.29, 0.717) is 21.6 Å². The topological polar surface area (TPSA) is 109 Å². The van der Waals surface area contributed by atoms with Crippen molar-refractivity contribution in [1.82, 2.24) is 29.8 Å². The van der Waals surface area contributed by atoms with Gasteiger partial charge in [0, 0.05) is 5.92 Å². The number of hydrogen-bond donors (Lipinski definition) is 2. The van der Waals surface area contributed by atoms with Crippen molar-refractivity contribution in [3.8, 4) is 10.7 Å². The molecule has 96 valence electrons. The number of nitrogens with zero attached hydrogens (tertiary/aromatic N) is 5. The second-order valence-electron chi connectivity index (χ2n) is 4.37. The minimum absolute atomic E-state index is 0.0297. The summed E-state index contributed by atoms with van der Waals surface area (Å²) in [7, 11) is 0. The first-order chi connectivity index (χ1) is 9.24. The zero-order valence-corrected chi connectivity index (χ0v) is 10.4. The van der Waals surface area contributed by atoms with Crippen LogP contribution in [0.1, 0.15) is 35.1 Å². The van der Waals surface area contributed by atoms with E-state index in [1.807, 2.05) is 0 Å². The van der Waals surface area contributed by atoms with Gasteiger partial charge in [-0.25, -0.2) is 9.78 Å². The summed E-state index contributed by atoms with van der Waals surface area (Å²) in [6, 6.07) is 0. The molecular weight excluding hydrogens is 268 g/mol. The van der Waals surface area contributed by atoms with Crippen LogP contribution in [0, 0.1) is 0 Å². The van der Waals surface area contributed by atoms with Crippen molar-refractivity contribution in [2.45, 2.75) is 18.8 Å². The Kier molecular flexibility index (Phi) is 2.01. The van der Waals surface area contributed by atoms with Gasteiger partial charge in [0.15, 0.2) is 16.5 Å². The zero-order chi connectivity index (χ0) is 13.0. The Labute approximate surface area is 110 Å². The second-order valence-corrected chi connectivity index (χ2v) is 5.32.